The molecule has 1 N–H and O–H groups in total. The van der Waals surface area contributed by atoms with Crippen LogP contribution in [0, 0.1) is 12.8 Å². The fourth-order valence-electron chi connectivity index (χ4n) is 3.38. The van der Waals surface area contributed by atoms with Crippen LogP contribution in [0.2, 0.25) is 0 Å². The largest absolute Gasteiger partial charge is 0.431 e. The number of aromatic nitrogens is 1. The fourth-order valence-corrected chi connectivity index (χ4v) is 3.38. The summed E-state index contributed by atoms with van der Waals surface area (Å²) < 4.78 is 5.74. The van der Waals surface area contributed by atoms with Gasteiger partial charge in [-0.05, 0) is 65.0 Å². The molecule has 6 heteroatoms. The number of carbonyl (C=O) groups excluding carboxylic acids is 1. The van der Waals surface area contributed by atoms with Gasteiger partial charge in [0.25, 0.3) is 5.91 Å². The molecule has 1 saturated heterocycles. The van der Waals surface area contributed by atoms with Crippen molar-refractivity contribution >= 4 is 5.91 Å². The average Bonchev–Trinajstić information content (AvgIpc) is 3.08. The van der Waals surface area contributed by atoms with Crippen LogP contribution in [-0.4, -0.2) is 67.5 Å². The molecule has 2 aromatic rings. The summed E-state index contributed by atoms with van der Waals surface area (Å²) >= 11 is 0. The van der Waals surface area contributed by atoms with Crippen molar-refractivity contribution in [3.63, 3.8) is 0 Å². The van der Waals surface area contributed by atoms with Crippen molar-refractivity contribution in [3.8, 4) is 11.5 Å². The number of amides is 1. The molecule has 0 atom stereocenters. The zero-order valence-corrected chi connectivity index (χ0v) is 16.6. The van der Waals surface area contributed by atoms with E-state index < -0.39 is 0 Å². The highest BCUT2D eigenvalue weighted by atomic mass is 16.4. The van der Waals surface area contributed by atoms with Gasteiger partial charge in [-0.1, -0.05) is 18.2 Å². The maximum Gasteiger partial charge on any atom is 0.289 e. The first-order valence-corrected chi connectivity index (χ1v) is 9.71. The number of carbonyl (C=O) groups is 1. The number of aryl methyl sites for hydroxylation is 1. The number of nitrogens with one attached hydrogen (secondary N) is 1. The topological polar surface area (TPSA) is 61.6 Å². The van der Waals surface area contributed by atoms with Gasteiger partial charge in [0.15, 0.2) is 0 Å². The number of nitrogens with zero attached hydrogens (tertiary/aromatic N) is 3. The summed E-state index contributed by atoms with van der Waals surface area (Å²) in [5, 5.41) is 3.04. The van der Waals surface area contributed by atoms with Gasteiger partial charge in [0.2, 0.25) is 11.7 Å². The molecule has 1 aromatic heterocycles. The lowest BCUT2D eigenvalue weighted by Crippen LogP contribution is -2.41. The average molecular weight is 370 g/mol. The van der Waals surface area contributed by atoms with Crippen molar-refractivity contribution in [2.24, 2.45) is 5.92 Å². The number of piperidine rings is 1. The Balaban J connectivity index is 1.48. The quantitative estimate of drug-likeness (QED) is 0.812. The molecular formula is C21H30N4O2. The van der Waals surface area contributed by atoms with E-state index in [4.69, 9.17) is 4.42 Å². The normalized spacial score (nSPS) is 16.0. The molecule has 6 nitrogen and oxygen atoms in total. The molecule has 0 saturated carbocycles. The Hall–Kier alpha value is -2.18. The Labute approximate surface area is 161 Å². The number of oxazole rings is 1. The third-order valence-electron chi connectivity index (χ3n) is 5.15. The van der Waals surface area contributed by atoms with Crippen LogP contribution >= 0.6 is 0 Å². The summed E-state index contributed by atoms with van der Waals surface area (Å²) in [6, 6.07) is 9.66. The Morgan fingerprint density at radius 1 is 1.26 bits per heavy atom. The highest BCUT2D eigenvalue weighted by Gasteiger charge is 2.22. The molecule has 0 unspecified atom stereocenters. The standard InChI is InChI=1S/C21H30N4O2/c1-16-19(27-21(23-16)18-7-5-4-6-8-18)20(26)22-15-17-9-11-25(12-10-17)14-13-24(2)3/h4-8,17H,9-15H2,1-3H3,(H,22,26). The van der Waals surface area contributed by atoms with Crippen LogP contribution in [0.3, 0.4) is 0 Å². The van der Waals surface area contributed by atoms with Crippen molar-refractivity contribution in [2.45, 2.75) is 19.8 Å². The highest BCUT2D eigenvalue weighted by molar-refractivity contribution is 5.92. The second-order valence-corrected chi connectivity index (χ2v) is 7.60. The van der Waals surface area contributed by atoms with E-state index in [1.807, 2.05) is 37.3 Å². The van der Waals surface area contributed by atoms with Gasteiger partial charge in [0.05, 0.1) is 5.69 Å². The molecule has 3 rings (SSSR count). The number of likely N-dealkylation sites (N-methyl/N-ethyl adjacent to an activating group) is 1. The van der Waals surface area contributed by atoms with Crippen LogP contribution in [0.4, 0.5) is 0 Å². The predicted molar refractivity (Wildman–Crippen MR) is 107 cm³/mol. The summed E-state index contributed by atoms with van der Waals surface area (Å²) in [6.07, 6.45) is 2.25. The minimum atomic E-state index is -0.169. The summed E-state index contributed by atoms with van der Waals surface area (Å²) in [7, 11) is 4.22. The number of hydrogen-bond donors (Lipinski definition) is 1. The molecule has 0 aliphatic carbocycles. The summed E-state index contributed by atoms with van der Waals surface area (Å²) in [4.78, 5) is 21.7. The third-order valence-corrected chi connectivity index (χ3v) is 5.15. The van der Waals surface area contributed by atoms with E-state index in [1.165, 1.54) is 0 Å². The molecule has 1 aromatic carbocycles. The molecule has 146 valence electrons. The molecule has 27 heavy (non-hydrogen) atoms. The lowest BCUT2D eigenvalue weighted by molar-refractivity contribution is 0.0907. The molecule has 1 aliphatic heterocycles. The van der Waals surface area contributed by atoms with E-state index in [9.17, 15) is 4.79 Å². The lowest BCUT2D eigenvalue weighted by Gasteiger charge is -2.32. The van der Waals surface area contributed by atoms with E-state index in [1.54, 1.807) is 0 Å². The Morgan fingerprint density at radius 2 is 1.96 bits per heavy atom. The monoisotopic (exact) mass is 370 g/mol. The van der Waals surface area contributed by atoms with E-state index in [0.29, 0.717) is 29.8 Å². The van der Waals surface area contributed by atoms with Gasteiger partial charge >= 0.3 is 0 Å². The molecule has 1 amide bonds. The van der Waals surface area contributed by atoms with Crippen molar-refractivity contribution in [3.05, 3.63) is 41.8 Å². The summed E-state index contributed by atoms with van der Waals surface area (Å²) in [5.74, 6) is 1.17. The second-order valence-electron chi connectivity index (χ2n) is 7.60. The molecule has 0 spiro atoms. The van der Waals surface area contributed by atoms with E-state index in [2.05, 4.69) is 34.2 Å². The van der Waals surface area contributed by atoms with Crippen LogP contribution in [0.25, 0.3) is 11.5 Å². The lowest BCUT2D eigenvalue weighted by atomic mass is 9.97. The van der Waals surface area contributed by atoms with Crippen molar-refractivity contribution < 1.29 is 9.21 Å². The smallest absolute Gasteiger partial charge is 0.289 e. The Kier molecular flexibility index (Phi) is 6.63. The van der Waals surface area contributed by atoms with Crippen LogP contribution in [0.5, 0.6) is 0 Å². The number of likely N-dealkylation sites (tertiary alicyclic amines) is 1. The van der Waals surface area contributed by atoms with E-state index in [0.717, 1.165) is 44.6 Å². The summed E-state index contributed by atoms with van der Waals surface area (Å²) in [6.45, 7) is 6.93. The highest BCUT2D eigenvalue weighted by Crippen LogP contribution is 2.22. The van der Waals surface area contributed by atoms with Gasteiger partial charge in [0, 0.05) is 25.2 Å². The van der Waals surface area contributed by atoms with Gasteiger partial charge < -0.3 is 19.5 Å². The molecule has 0 bridgehead atoms. The van der Waals surface area contributed by atoms with Crippen molar-refractivity contribution in [1.29, 1.82) is 0 Å². The second kappa shape index (κ2) is 9.15. The van der Waals surface area contributed by atoms with Crippen LogP contribution in [0.1, 0.15) is 29.1 Å². The fraction of sp³-hybridized carbons (Fsp3) is 0.524. The first-order chi connectivity index (χ1) is 13.0. The number of benzene rings is 1. The van der Waals surface area contributed by atoms with Crippen LogP contribution in [0.15, 0.2) is 34.7 Å². The van der Waals surface area contributed by atoms with E-state index >= 15 is 0 Å². The maximum absolute atomic E-state index is 12.5. The van der Waals surface area contributed by atoms with Crippen LogP contribution < -0.4 is 5.32 Å². The van der Waals surface area contributed by atoms with Crippen molar-refractivity contribution in [1.82, 2.24) is 20.1 Å². The molecular weight excluding hydrogens is 340 g/mol. The van der Waals surface area contributed by atoms with Gasteiger partial charge in [-0.25, -0.2) is 4.98 Å². The van der Waals surface area contributed by atoms with Crippen molar-refractivity contribution in [2.75, 3.05) is 46.8 Å². The van der Waals surface area contributed by atoms with Gasteiger partial charge in [0.1, 0.15) is 0 Å². The molecule has 1 fully saturated rings. The minimum Gasteiger partial charge on any atom is -0.431 e. The zero-order valence-electron chi connectivity index (χ0n) is 16.6. The Bertz CT molecular complexity index is 734. The van der Waals surface area contributed by atoms with E-state index in [-0.39, 0.29) is 5.91 Å². The molecule has 0 radical (unpaired) electrons. The predicted octanol–water partition coefficient (Wildman–Crippen LogP) is 2.65. The number of rotatable bonds is 7. The van der Waals surface area contributed by atoms with Gasteiger partial charge in [-0.3, -0.25) is 4.79 Å². The molecule has 2 heterocycles. The summed E-state index contributed by atoms with van der Waals surface area (Å²) in [5.41, 5.74) is 1.51. The zero-order chi connectivity index (χ0) is 19.2. The van der Waals surface area contributed by atoms with Crippen LogP contribution in [-0.2, 0) is 0 Å². The first kappa shape index (κ1) is 19.6. The Morgan fingerprint density at radius 3 is 2.63 bits per heavy atom. The third kappa shape index (κ3) is 5.40. The van der Waals surface area contributed by atoms with Gasteiger partial charge in [-0.2, -0.15) is 0 Å². The van der Waals surface area contributed by atoms with Gasteiger partial charge in [-0.15, -0.1) is 0 Å². The SMILES string of the molecule is Cc1nc(-c2ccccc2)oc1C(=O)NCC1CCN(CCN(C)C)CC1. The number of hydrogen-bond acceptors (Lipinski definition) is 5. The first-order valence-electron chi connectivity index (χ1n) is 9.71. The molecule has 1 aliphatic rings. The maximum atomic E-state index is 12.5. The minimum absolute atomic E-state index is 0.169.